The summed E-state index contributed by atoms with van der Waals surface area (Å²) in [6.45, 7) is 4.36. The van der Waals surface area contributed by atoms with Crippen LogP contribution in [0, 0.1) is 12.8 Å². The summed E-state index contributed by atoms with van der Waals surface area (Å²) in [7, 11) is 0. The Kier molecular flexibility index (Phi) is 4.23. The molecule has 1 atom stereocenters. The van der Waals surface area contributed by atoms with Crippen molar-refractivity contribution in [1.82, 2.24) is 0 Å². The molecule has 0 heterocycles. The Bertz CT molecular complexity index is 436. The van der Waals surface area contributed by atoms with Gasteiger partial charge in [-0.1, -0.05) is 31.1 Å². The second-order valence-corrected chi connectivity index (χ2v) is 5.83. The summed E-state index contributed by atoms with van der Waals surface area (Å²) in [5, 5.41) is 3.61. The highest BCUT2D eigenvalue weighted by Gasteiger charge is 2.22. The first-order valence-corrected chi connectivity index (χ1v) is 7.15. The highest BCUT2D eigenvalue weighted by atomic mass is 32.1. The first kappa shape index (κ1) is 13.3. The van der Waals surface area contributed by atoms with Gasteiger partial charge in [0.2, 0.25) is 0 Å². The molecule has 1 aromatic carbocycles. The molecule has 1 saturated carbocycles. The van der Waals surface area contributed by atoms with Gasteiger partial charge in [0.25, 0.3) is 0 Å². The van der Waals surface area contributed by atoms with E-state index in [0.717, 1.165) is 17.2 Å². The molecule has 1 aromatic rings. The number of rotatable bonds is 4. The minimum atomic E-state index is 0.469. The van der Waals surface area contributed by atoms with Crippen LogP contribution in [0.25, 0.3) is 0 Å². The van der Waals surface area contributed by atoms with Gasteiger partial charge in [0.1, 0.15) is 4.99 Å². The smallest absolute Gasteiger partial charge is 0.106 e. The molecule has 3 N–H and O–H groups in total. The maximum Gasteiger partial charge on any atom is 0.106 e. The average Bonchev–Trinajstić information content (AvgIpc) is 2.81. The zero-order chi connectivity index (χ0) is 13.1. The molecular formula is C15H22N2S. The number of benzene rings is 1. The maximum absolute atomic E-state index is 5.79. The molecule has 1 aliphatic rings. The van der Waals surface area contributed by atoms with Crippen molar-refractivity contribution < 1.29 is 0 Å². The van der Waals surface area contributed by atoms with Gasteiger partial charge in [0.15, 0.2) is 0 Å². The number of aryl methyl sites for hydroxylation is 1. The minimum Gasteiger partial charge on any atom is -0.389 e. The lowest BCUT2D eigenvalue weighted by Gasteiger charge is -2.23. The van der Waals surface area contributed by atoms with Gasteiger partial charge in [-0.25, -0.2) is 0 Å². The van der Waals surface area contributed by atoms with E-state index >= 15 is 0 Å². The molecule has 0 saturated heterocycles. The van der Waals surface area contributed by atoms with E-state index in [1.165, 1.54) is 31.2 Å². The third-order valence-corrected chi connectivity index (χ3v) is 4.15. The fourth-order valence-corrected chi connectivity index (χ4v) is 2.99. The normalized spacial score (nSPS) is 17.7. The van der Waals surface area contributed by atoms with E-state index in [1.807, 2.05) is 6.07 Å². The van der Waals surface area contributed by atoms with Gasteiger partial charge in [-0.2, -0.15) is 0 Å². The number of thiocarbonyl (C=S) groups is 1. The predicted octanol–water partition coefficient (Wildman–Crippen LogP) is 3.62. The molecule has 0 amide bonds. The van der Waals surface area contributed by atoms with E-state index in [2.05, 4.69) is 31.3 Å². The van der Waals surface area contributed by atoms with Crippen LogP contribution in [0.1, 0.15) is 43.7 Å². The Labute approximate surface area is 115 Å². The largest absolute Gasteiger partial charge is 0.389 e. The topological polar surface area (TPSA) is 38.0 Å². The molecule has 3 heteroatoms. The highest BCUT2D eigenvalue weighted by molar-refractivity contribution is 7.80. The lowest BCUT2D eigenvalue weighted by Crippen LogP contribution is -2.25. The van der Waals surface area contributed by atoms with Crippen molar-refractivity contribution in [2.75, 3.05) is 5.32 Å². The first-order chi connectivity index (χ1) is 8.58. The Morgan fingerprint density at radius 2 is 2.06 bits per heavy atom. The Hall–Kier alpha value is -1.09. The van der Waals surface area contributed by atoms with Crippen molar-refractivity contribution in [3.8, 4) is 0 Å². The summed E-state index contributed by atoms with van der Waals surface area (Å²) in [6.07, 6.45) is 5.41. The Morgan fingerprint density at radius 3 is 2.67 bits per heavy atom. The molecular weight excluding hydrogens is 240 g/mol. The van der Waals surface area contributed by atoms with Gasteiger partial charge in [0, 0.05) is 17.3 Å². The van der Waals surface area contributed by atoms with Gasteiger partial charge in [-0.05, 0) is 50.3 Å². The standard InChI is InChI=1S/C15H22N2S/c1-10-7-8-13(15(16)18)14(9-10)17-11(2)12-5-3-4-6-12/h7-9,11-12,17H,3-6H2,1-2H3,(H2,16,18). The average molecular weight is 262 g/mol. The van der Waals surface area contributed by atoms with Crippen molar-refractivity contribution in [3.05, 3.63) is 29.3 Å². The Balaban J connectivity index is 2.16. The molecule has 1 aliphatic carbocycles. The molecule has 1 fully saturated rings. The monoisotopic (exact) mass is 262 g/mol. The summed E-state index contributed by atoms with van der Waals surface area (Å²) in [5.41, 5.74) is 9.06. The van der Waals surface area contributed by atoms with Gasteiger partial charge in [-0.3, -0.25) is 0 Å². The van der Waals surface area contributed by atoms with Crippen molar-refractivity contribution >= 4 is 22.9 Å². The van der Waals surface area contributed by atoms with Crippen LogP contribution in [-0.2, 0) is 0 Å². The molecule has 98 valence electrons. The van der Waals surface area contributed by atoms with E-state index in [4.69, 9.17) is 18.0 Å². The number of anilines is 1. The zero-order valence-corrected chi connectivity index (χ0v) is 12.0. The van der Waals surface area contributed by atoms with Gasteiger partial charge in [0.05, 0.1) is 0 Å². The van der Waals surface area contributed by atoms with Gasteiger partial charge >= 0.3 is 0 Å². The number of hydrogen-bond acceptors (Lipinski definition) is 2. The fourth-order valence-electron chi connectivity index (χ4n) is 2.81. The van der Waals surface area contributed by atoms with E-state index in [0.29, 0.717) is 11.0 Å². The van der Waals surface area contributed by atoms with Crippen LogP contribution in [0.2, 0.25) is 0 Å². The van der Waals surface area contributed by atoms with E-state index < -0.39 is 0 Å². The van der Waals surface area contributed by atoms with Crippen LogP contribution in [0.3, 0.4) is 0 Å². The van der Waals surface area contributed by atoms with Crippen molar-refractivity contribution in [3.63, 3.8) is 0 Å². The number of nitrogens with one attached hydrogen (secondary N) is 1. The molecule has 18 heavy (non-hydrogen) atoms. The van der Waals surface area contributed by atoms with Crippen LogP contribution < -0.4 is 11.1 Å². The van der Waals surface area contributed by atoms with E-state index in [9.17, 15) is 0 Å². The van der Waals surface area contributed by atoms with Crippen LogP contribution in [0.4, 0.5) is 5.69 Å². The molecule has 0 aromatic heterocycles. The molecule has 1 unspecified atom stereocenters. The summed E-state index contributed by atoms with van der Waals surface area (Å²) >= 11 is 5.12. The summed E-state index contributed by atoms with van der Waals surface area (Å²) < 4.78 is 0. The van der Waals surface area contributed by atoms with Crippen molar-refractivity contribution in [2.24, 2.45) is 11.7 Å². The second kappa shape index (κ2) is 5.70. The molecule has 0 radical (unpaired) electrons. The van der Waals surface area contributed by atoms with E-state index in [-0.39, 0.29) is 0 Å². The van der Waals surface area contributed by atoms with Crippen LogP contribution in [0.5, 0.6) is 0 Å². The predicted molar refractivity (Wildman–Crippen MR) is 82.1 cm³/mol. The minimum absolute atomic E-state index is 0.469. The van der Waals surface area contributed by atoms with Crippen molar-refractivity contribution in [1.29, 1.82) is 0 Å². The van der Waals surface area contributed by atoms with Crippen LogP contribution >= 0.6 is 12.2 Å². The van der Waals surface area contributed by atoms with Crippen LogP contribution in [-0.4, -0.2) is 11.0 Å². The highest BCUT2D eigenvalue weighted by Crippen LogP contribution is 2.30. The third kappa shape index (κ3) is 3.02. The third-order valence-electron chi connectivity index (χ3n) is 3.93. The lowest BCUT2D eigenvalue weighted by atomic mass is 9.98. The number of hydrogen-bond donors (Lipinski definition) is 2. The summed E-state index contributed by atoms with van der Waals surface area (Å²) in [4.78, 5) is 0.469. The molecule has 0 aliphatic heterocycles. The lowest BCUT2D eigenvalue weighted by molar-refractivity contribution is 0.482. The van der Waals surface area contributed by atoms with Crippen molar-refractivity contribution in [2.45, 2.75) is 45.6 Å². The van der Waals surface area contributed by atoms with Crippen LogP contribution in [0.15, 0.2) is 18.2 Å². The number of nitrogens with two attached hydrogens (primary N) is 1. The zero-order valence-electron chi connectivity index (χ0n) is 11.2. The SMILES string of the molecule is Cc1ccc(C(N)=S)c(NC(C)C2CCCC2)c1. The van der Waals surface area contributed by atoms with Gasteiger partial charge in [-0.15, -0.1) is 0 Å². The molecule has 0 bridgehead atoms. The molecule has 2 rings (SSSR count). The molecule has 2 nitrogen and oxygen atoms in total. The first-order valence-electron chi connectivity index (χ1n) is 6.75. The van der Waals surface area contributed by atoms with Gasteiger partial charge < -0.3 is 11.1 Å². The molecule has 0 spiro atoms. The summed E-state index contributed by atoms with van der Waals surface area (Å²) in [5.74, 6) is 0.782. The second-order valence-electron chi connectivity index (χ2n) is 5.39. The quantitative estimate of drug-likeness (QED) is 0.814. The summed E-state index contributed by atoms with van der Waals surface area (Å²) in [6, 6.07) is 6.70. The maximum atomic E-state index is 5.79. The van der Waals surface area contributed by atoms with E-state index in [1.54, 1.807) is 0 Å². The fraction of sp³-hybridized carbons (Fsp3) is 0.533. The Morgan fingerprint density at radius 1 is 1.39 bits per heavy atom.